The molecular formula is C21H21N3O4. The van der Waals surface area contributed by atoms with Gasteiger partial charge in [-0.3, -0.25) is 14.9 Å². The van der Waals surface area contributed by atoms with E-state index in [0.717, 1.165) is 16.5 Å². The van der Waals surface area contributed by atoms with E-state index in [1.54, 1.807) is 18.2 Å². The predicted molar refractivity (Wildman–Crippen MR) is 109 cm³/mol. The van der Waals surface area contributed by atoms with Gasteiger partial charge in [-0.05, 0) is 17.5 Å². The zero-order valence-corrected chi connectivity index (χ0v) is 15.3. The molecule has 144 valence electrons. The minimum absolute atomic E-state index is 0.00797. The number of nitrogens with zero attached hydrogens (tertiary/aromatic N) is 1. The summed E-state index contributed by atoms with van der Waals surface area (Å²) in [4.78, 5) is 22.4. The van der Waals surface area contributed by atoms with Crippen LogP contribution in [0.2, 0.25) is 0 Å². The maximum atomic E-state index is 11.9. The van der Waals surface area contributed by atoms with Crippen LogP contribution in [0, 0.1) is 10.1 Å². The monoisotopic (exact) mass is 379 g/mol. The van der Waals surface area contributed by atoms with E-state index in [9.17, 15) is 14.9 Å². The highest BCUT2D eigenvalue weighted by Crippen LogP contribution is 2.25. The number of carbonyl (C=O) groups excluding carboxylic acids is 1. The van der Waals surface area contributed by atoms with Crippen LogP contribution in [0.5, 0.6) is 5.75 Å². The minimum Gasteiger partial charge on any atom is -0.491 e. The molecule has 7 nitrogen and oxygen atoms in total. The second-order valence-corrected chi connectivity index (χ2v) is 6.13. The summed E-state index contributed by atoms with van der Waals surface area (Å²) in [7, 11) is 0. The molecule has 3 rings (SSSR count). The highest BCUT2D eigenvalue weighted by molar-refractivity contribution is 5.88. The number of nitro benzene ring substituents is 1. The fourth-order valence-electron chi connectivity index (χ4n) is 2.85. The fourth-order valence-corrected chi connectivity index (χ4v) is 2.85. The van der Waals surface area contributed by atoms with E-state index in [0.29, 0.717) is 25.4 Å². The second kappa shape index (κ2) is 9.36. The molecule has 0 saturated heterocycles. The molecule has 28 heavy (non-hydrogen) atoms. The molecule has 7 heteroatoms. The summed E-state index contributed by atoms with van der Waals surface area (Å²) in [5.74, 6) is 0.637. The predicted octanol–water partition coefficient (Wildman–Crippen LogP) is 3.75. The van der Waals surface area contributed by atoms with Crippen molar-refractivity contribution in [2.75, 3.05) is 25.0 Å². The van der Waals surface area contributed by atoms with E-state index < -0.39 is 4.92 Å². The van der Waals surface area contributed by atoms with E-state index in [4.69, 9.17) is 4.74 Å². The number of para-hydroxylation sites is 2. The number of benzene rings is 3. The zero-order valence-electron chi connectivity index (χ0n) is 15.3. The molecule has 0 heterocycles. The van der Waals surface area contributed by atoms with Gasteiger partial charge >= 0.3 is 0 Å². The lowest BCUT2D eigenvalue weighted by molar-refractivity contribution is -0.384. The zero-order chi connectivity index (χ0) is 19.8. The van der Waals surface area contributed by atoms with Crippen molar-refractivity contribution in [3.63, 3.8) is 0 Å². The van der Waals surface area contributed by atoms with Gasteiger partial charge in [0.15, 0.2) is 0 Å². The molecule has 0 atom stereocenters. The van der Waals surface area contributed by atoms with Crippen LogP contribution < -0.4 is 15.4 Å². The number of rotatable bonds is 9. The normalized spacial score (nSPS) is 10.4. The van der Waals surface area contributed by atoms with E-state index in [-0.39, 0.29) is 18.0 Å². The molecule has 0 unspecified atom stereocenters. The summed E-state index contributed by atoms with van der Waals surface area (Å²) in [5, 5.41) is 18.8. The molecule has 1 amide bonds. The van der Waals surface area contributed by atoms with Crippen LogP contribution in [0.1, 0.15) is 6.42 Å². The Balaban J connectivity index is 1.40. The summed E-state index contributed by atoms with van der Waals surface area (Å²) < 4.78 is 5.78. The highest BCUT2D eigenvalue weighted by atomic mass is 16.6. The van der Waals surface area contributed by atoms with Crippen LogP contribution in [0.3, 0.4) is 0 Å². The number of amides is 1. The molecule has 3 aromatic carbocycles. The second-order valence-electron chi connectivity index (χ2n) is 6.13. The summed E-state index contributed by atoms with van der Waals surface area (Å²) in [6.07, 6.45) is 0.209. The van der Waals surface area contributed by atoms with Gasteiger partial charge in [-0.25, -0.2) is 0 Å². The Kier molecular flexibility index (Phi) is 6.41. The average molecular weight is 379 g/mol. The van der Waals surface area contributed by atoms with Crippen LogP contribution in [0.25, 0.3) is 10.8 Å². The van der Waals surface area contributed by atoms with Crippen LogP contribution >= 0.6 is 0 Å². The van der Waals surface area contributed by atoms with Crippen molar-refractivity contribution in [2.24, 2.45) is 0 Å². The Morgan fingerprint density at radius 3 is 2.57 bits per heavy atom. The van der Waals surface area contributed by atoms with Crippen LogP contribution in [0.15, 0.2) is 66.7 Å². The summed E-state index contributed by atoms with van der Waals surface area (Å²) in [5.41, 5.74) is 0.394. The Morgan fingerprint density at radius 2 is 1.71 bits per heavy atom. The lowest BCUT2D eigenvalue weighted by Gasteiger charge is -2.10. The summed E-state index contributed by atoms with van der Waals surface area (Å²) in [6.45, 7) is 1.05. The van der Waals surface area contributed by atoms with Gasteiger partial charge in [0, 0.05) is 24.4 Å². The Hall–Kier alpha value is -3.61. The van der Waals surface area contributed by atoms with Crippen molar-refractivity contribution < 1.29 is 14.5 Å². The van der Waals surface area contributed by atoms with Gasteiger partial charge in [-0.15, -0.1) is 0 Å². The van der Waals surface area contributed by atoms with Gasteiger partial charge in [0.1, 0.15) is 18.0 Å². The Labute approximate surface area is 162 Å². The van der Waals surface area contributed by atoms with Crippen molar-refractivity contribution in [3.8, 4) is 5.75 Å². The first-order valence-electron chi connectivity index (χ1n) is 9.00. The van der Waals surface area contributed by atoms with E-state index >= 15 is 0 Å². The SMILES string of the molecule is O=C(CCNc1ccccc1[N+](=O)[O-])NCCOc1cccc2ccccc12. The number of fused-ring (bicyclic) bond motifs is 1. The van der Waals surface area contributed by atoms with Gasteiger partial charge < -0.3 is 15.4 Å². The first-order chi connectivity index (χ1) is 13.6. The molecule has 0 bridgehead atoms. The highest BCUT2D eigenvalue weighted by Gasteiger charge is 2.12. The van der Waals surface area contributed by atoms with Crippen LogP contribution in [0.4, 0.5) is 11.4 Å². The molecule has 0 fully saturated rings. The minimum atomic E-state index is -0.451. The Bertz CT molecular complexity index is 969. The molecule has 0 aliphatic heterocycles. The first kappa shape index (κ1) is 19.2. The Morgan fingerprint density at radius 1 is 0.964 bits per heavy atom. The first-order valence-corrected chi connectivity index (χ1v) is 9.00. The van der Waals surface area contributed by atoms with Gasteiger partial charge in [0.2, 0.25) is 5.91 Å². The van der Waals surface area contributed by atoms with Crippen molar-refractivity contribution in [3.05, 3.63) is 76.8 Å². The number of nitrogens with one attached hydrogen (secondary N) is 2. The van der Waals surface area contributed by atoms with Crippen molar-refractivity contribution >= 4 is 28.1 Å². The quantitative estimate of drug-likeness (QED) is 0.336. The molecule has 3 aromatic rings. The van der Waals surface area contributed by atoms with Crippen molar-refractivity contribution in [2.45, 2.75) is 6.42 Å². The number of anilines is 1. The van der Waals surface area contributed by atoms with Crippen LogP contribution in [-0.2, 0) is 4.79 Å². The molecular weight excluding hydrogens is 358 g/mol. The number of hydrogen-bond acceptors (Lipinski definition) is 5. The van der Waals surface area contributed by atoms with Gasteiger partial charge in [0.25, 0.3) is 5.69 Å². The molecule has 0 spiro atoms. The van der Waals surface area contributed by atoms with Crippen LogP contribution in [-0.4, -0.2) is 30.5 Å². The van der Waals surface area contributed by atoms with E-state index in [2.05, 4.69) is 10.6 Å². The molecule has 0 saturated carbocycles. The molecule has 0 aliphatic carbocycles. The summed E-state index contributed by atoms with van der Waals surface area (Å²) in [6, 6.07) is 20.2. The lowest BCUT2D eigenvalue weighted by atomic mass is 10.1. The van der Waals surface area contributed by atoms with E-state index in [1.165, 1.54) is 6.07 Å². The van der Waals surface area contributed by atoms with Crippen molar-refractivity contribution in [1.29, 1.82) is 0 Å². The van der Waals surface area contributed by atoms with Crippen molar-refractivity contribution in [1.82, 2.24) is 5.32 Å². The van der Waals surface area contributed by atoms with Gasteiger partial charge in [0.05, 0.1) is 11.5 Å². The third-order valence-corrected chi connectivity index (χ3v) is 4.20. The molecule has 2 N–H and O–H groups in total. The van der Waals surface area contributed by atoms with Gasteiger partial charge in [-0.2, -0.15) is 0 Å². The topological polar surface area (TPSA) is 93.5 Å². The molecule has 0 radical (unpaired) electrons. The third kappa shape index (κ3) is 4.97. The summed E-state index contributed by atoms with van der Waals surface area (Å²) >= 11 is 0. The number of ether oxygens (including phenoxy) is 1. The fraction of sp³-hybridized carbons (Fsp3) is 0.190. The standard InChI is InChI=1S/C21H21N3O4/c25-21(12-13-22-18-9-3-4-10-19(18)24(26)27)23-14-15-28-20-11-5-7-16-6-1-2-8-17(16)20/h1-11,22H,12-15H2,(H,23,25). The third-order valence-electron chi connectivity index (χ3n) is 4.20. The average Bonchev–Trinajstić information content (AvgIpc) is 2.71. The number of nitro groups is 1. The lowest BCUT2D eigenvalue weighted by Crippen LogP contribution is -2.29. The smallest absolute Gasteiger partial charge is 0.292 e. The number of hydrogen-bond donors (Lipinski definition) is 2. The van der Waals surface area contributed by atoms with E-state index in [1.807, 2.05) is 42.5 Å². The molecule has 0 aliphatic rings. The maximum Gasteiger partial charge on any atom is 0.292 e. The largest absolute Gasteiger partial charge is 0.491 e. The molecule has 0 aromatic heterocycles. The number of carbonyl (C=O) groups is 1. The van der Waals surface area contributed by atoms with Gasteiger partial charge in [-0.1, -0.05) is 48.5 Å². The maximum absolute atomic E-state index is 11.9.